The first kappa shape index (κ1) is 17.8. The van der Waals surface area contributed by atoms with Gasteiger partial charge in [-0.3, -0.25) is 0 Å². The summed E-state index contributed by atoms with van der Waals surface area (Å²) >= 11 is 0. The van der Waals surface area contributed by atoms with Crippen LogP contribution in [0, 0.1) is 0 Å². The molecule has 0 aliphatic rings. The summed E-state index contributed by atoms with van der Waals surface area (Å²) in [6, 6.07) is 9.91. The third kappa shape index (κ3) is 5.24. The molecule has 122 valence electrons. The van der Waals surface area contributed by atoms with Gasteiger partial charge in [0.1, 0.15) is 28.4 Å². The minimum absolute atomic E-state index is 0.0671. The molecule has 0 unspecified atom stereocenters. The fourth-order valence-corrected chi connectivity index (χ4v) is 1.60. The number of hydrogen-bond donors (Lipinski definition) is 4. The quantitative estimate of drug-likeness (QED) is 0.682. The van der Waals surface area contributed by atoms with Crippen molar-refractivity contribution in [2.75, 3.05) is 6.61 Å². The van der Waals surface area contributed by atoms with Gasteiger partial charge in [-0.05, 0) is 31.2 Å². The standard InChI is InChI=1S/C9H10O4.C7H6O3/c1-2-13-6-3-4-7(9(11)12)8(10)5-6;8-6-4-2-1-3-5(6)7(9)10/h3-5,10H,2H2,1H3,(H,11,12);1-4,8H,(H,9,10). The van der Waals surface area contributed by atoms with Crippen LogP contribution in [0.5, 0.6) is 17.2 Å². The van der Waals surface area contributed by atoms with E-state index in [1.165, 1.54) is 30.3 Å². The van der Waals surface area contributed by atoms with Crippen molar-refractivity contribution in [3.8, 4) is 17.2 Å². The number of aromatic carboxylic acids is 2. The fraction of sp³-hybridized carbons (Fsp3) is 0.125. The maximum atomic E-state index is 10.5. The van der Waals surface area contributed by atoms with Gasteiger partial charge in [0.05, 0.1) is 6.61 Å². The molecule has 0 bridgehead atoms. The summed E-state index contributed by atoms with van der Waals surface area (Å²) in [6.45, 7) is 2.29. The smallest absolute Gasteiger partial charge is 0.339 e. The molecule has 7 heteroatoms. The van der Waals surface area contributed by atoms with Crippen LogP contribution in [-0.4, -0.2) is 39.0 Å². The number of carboxylic acids is 2. The van der Waals surface area contributed by atoms with Gasteiger partial charge in [0, 0.05) is 6.07 Å². The van der Waals surface area contributed by atoms with E-state index in [1.54, 1.807) is 12.1 Å². The van der Waals surface area contributed by atoms with E-state index >= 15 is 0 Å². The molecule has 0 heterocycles. The van der Waals surface area contributed by atoms with Gasteiger partial charge in [0.2, 0.25) is 0 Å². The summed E-state index contributed by atoms with van der Waals surface area (Å²) < 4.78 is 5.07. The summed E-state index contributed by atoms with van der Waals surface area (Å²) in [5.74, 6) is -2.28. The second kappa shape index (κ2) is 8.28. The molecule has 2 aromatic carbocycles. The molecule has 0 radical (unpaired) electrons. The van der Waals surface area contributed by atoms with Gasteiger partial charge in [-0.1, -0.05) is 12.1 Å². The minimum atomic E-state index is -1.15. The first-order valence-electron chi connectivity index (χ1n) is 6.57. The van der Waals surface area contributed by atoms with Crippen LogP contribution >= 0.6 is 0 Å². The molecule has 0 atom stereocenters. The third-order valence-corrected chi connectivity index (χ3v) is 2.65. The van der Waals surface area contributed by atoms with Crippen molar-refractivity contribution in [1.29, 1.82) is 0 Å². The van der Waals surface area contributed by atoms with Gasteiger partial charge in [0.25, 0.3) is 0 Å². The summed E-state index contributed by atoms with van der Waals surface area (Å²) in [5, 5.41) is 35.1. The number of aromatic hydroxyl groups is 2. The SMILES string of the molecule is CCOc1ccc(C(=O)O)c(O)c1.O=C(O)c1ccccc1O. The molecule has 7 nitrogen and oxygen atoms in total. The van der Waals surface area contributed by atoms with Gasteiger partial charge in [-0.25, -0.2) is 9.59 Å². The first-order chi connectivity index (χ1) is 10.9. The van der Waals surface area contributed by atoms with Crippen LogP contribution in [0.25, 0.3) is 0 Å². The van der Waals surface area contributed by atoms with Crippen molar-refractivity contribution in [2.45, 2.75) is 6.92 Å². The lowest BCUT2D eigenvalue weighted by atomic mass is 10.2. The number of rotatable bonds is 4. The molecule has 2 rings (SSSR count). The summed E-state index contributed by atoms with van der Waals surface area (Å²) in [4.78, 5) is 20.8. The zero-order chi connectivity index (χ0) is 17.4. The molecule has 0 saturated heterocycles. The van der Waals surface area contributed by atoms with E-state index < -0.39 is 11.9 Å². The van der Waals surface area contributed by atoms with Gasteiger partial charge in [-0.15, -0.1) is 0 Å². The Morgan fingerprint density at radius 2 is 1.48 bits per heavy atom. The van der Waals surface area contributed by atoms with E-state index in [1.807, 2.05) is 6.92 Å². The van der Waals surface area contributed by atoms with Crippen LogP contribution in [0.1, 0.15) is 27.6 Å². The molecule has 0 fully saturated rings. The van der Waals surface area contributed by atoms with Crippen LogP contribution in [0.15, 0.2) is 42.5 Å². The van der Waals surface area contributed by atoms with Gasteiger partial charge < -0.3 is 25.2 Å². The minimum Gasteiger partial charge on any atom is -0.507 e. The Labute approximate surface area is 132 Å². The molecule has 0 spiro atoms. The van der Waals surface area contributed by atoms with E-state index in [-0.39, 0.29) is 22.6 Å². The monoisotopic (exact) mass is 320 g/mol. The molecule has 2 aromatic rings. The molecule has 0 aliphatic carbocycles. The van der Waals surface area contributed by atoms with E-state index in [0.717, 1.165) is 0 Å². The highest BCUT2D eigenvalue weighted by Crippen LogP contribution is 2.23. The first-order valence-corrected chi connectivity index (χ1v) is 6.57. The maximum Gasteiger partial charge on any atom is 0.339 e. The van der Waals surface area contributed by atoms with E-state index in [9.17, 15) is 14.7 Å². The highest BCUT2D eigenvalue weighted by Gasteiger charge is 2.09. The third-order valence-electron chi connectivity index (χ3n) is 2.65. The highest BCUT2D eigenvalue weighted by molar-refractivity contribution is 5.91. The number of phenols is 2. The Morgan fingerprint density at radius 3 is 1.91 bits per heavy atom. The van der Waals surface area contributed by atoms with Crippen LogP contribution in [-0.2, 0) is 0 Å². The maximum absolute atomic E-state index is 10.5. The zero-order valence-corrected chi connectivity index (χ0v) is 12.3. The normalized spacial score (nSPS) is 9.43. The lowest BCUT2D eigenvalue weighted by molar-refractivity contribution is 0.0682. The number of para-hydroxylation sites is 1. The van der Waals surface area contributed by atoms with Crippen molar-refractivity contribution in [3.05, 3.63) is 53.6 Å². The highest BCUT2D eigenvalue weighted by atomic mass is 16.5. The Hall–Kier alpha value is -3.22. The van der Waals surface area contributed by atoms with Crippen molar-refractivity contribution in [3.63, 3.8) is 0 Å². The molecule has 4 N–H and O–H groups in total. The van der Waals surface area contributed by atoms with Crippen molar-refractivity contribution in [1.82, 2.24) is 0 Å². The number of ether oxygens (including phenoxy) is 1. The lowest BCUT2D eigenvalue weighted by Crippen LogP contribution is -1.97. The molecule has 0 saturated carbocycles. The van der Waals surface area contributed by atoms with Crippen molar-refractivity contribution < 1.29 is 34.8 Å². The molecule has 0 amide bonds. The summed E-state index contributed by atoms with van der Waals surface area (Å²) in [6.07, 6.45) is 0. The van der Waals surface area contributed by atoms with Crippen molar-refractivity contribution in [2.24, 2.45) is 0 Å². The largest absolute Gasteiger partial charge is 0.507 e. The number of carbonyl (C=O) groups is 2. The van der Waals surface area contributed by atoms with Crippen LogP contribution < -0.4 is 4.74 Å². The Kier molecular flexibility index (Phi) is 6.42. The topological polar surface area (TPSA) is 124 Å². The molecular formula is C16H16O7. The Balaban J connectivity index is 0.000000238. The second-order valence-electron chi connectivity index (χ2n) is 4.24. The number of carboxylic acid groups (broad SMARTS) is 2. The van der Waals surface area contributed by atoms with Crippen LogP contribution in [0.4, 0.5) is 0 Å². The average molecular weight is 320 g/mol. The fourth-order valence-electron chi connectivity index (χ4n) is 1.60. The van der Waals surface area contributed by atoms with E-state index in [2.05, 4.69) is 0 Å². The summed E-state index contributed by atoms with van der Waals surface area (Å²) in [5.41, 5.74) is -0.189. The summed E-state index contributed by atoms with van der Waals surface area (Å²) in [7, 11) is 0. The van der Waals surface area contributed by atoms with Gasteiger partial charge >= 0.3 is 11.9 Å². The number of benzene rings is 2. The van der Waals surface area contributed by atoms with E-state index in [4.69, 9.17) is 20.1 Å². The molecule has 0 aromatic heterocycles. The Morgan fingerprint density at radius 1 is 0.913 bits per heavy atom. The lowest BCUT2D eigenvalue weighted by Gasteiger charge is -2.04. The molecular weight excluding hydrogens is 304 g/mol. The Bertz CT molecular complexity index is 695. The van der Waals surface area contributed by atoms with E-state index in [0.29, 0.717) is 12.4 Å². The van der Waals surface area contributed by atoms with Crippen LogP contribution in [0.3, 0.4) is 0 Å². The van der Waals surface area contributed by atoms with Gasteiger partial charge in [0.15, 0.2) is 0 Å². The predicted molar refractivity (Wildman–Crippen MR) is 81.3 cm³/mol. The van der Waals surface area contributed by atoms with Crippen molar-refractivity contribution >= 4 is 11.9 Å². The zero-order valence-electron chi connectivity index (χ0n) is 12.3. The van der Waals surface area contributed by atoms with Gasteiger partial charge in [-0.2, -0.15) is 0 Å². The second-order valence-corrected chi connectivity index (χ2v) is 4.24. The average Bonchev–Trinajstić information content (AvgIpc) is 2.48. The number of hydrogen-bond acceptors (Lipinski definition) is 5. The van der Waals surface area contributed by atoms with Crippen LogP contribution in [0.2, 0.25) is 0 Å². The molecule has 0 aliphatic heterocycles. The molecule has 23 heavy (non-hydrogen) atoms. The predicted octanol–water partition coefficient (Wildman–Crippen LogP) is 2.58.